The summed E-state index contributed by atoms with van der Waals surface area (Å²) >= 11 is 0. The van der Waals surface area contributed by atoms with Crippen molar-refractivity contribution in [2.45, 2.75) is 12.8 Å². The topological polar surface area (TPSA) is 108 Å². The summed E-state index contributed by atoms with van der Waals surface area (Å²) in [6, 6.07) is 0. The van der Waals surface area contributed by atoms with E-state index in [9.17, 15) is 19.2 Å². The Balaban J connectivity index is 2.10. The highest BCUT2D eigenvalue weighted by Gasteiger charge is 2.22. The molecule has 1 rings (SSSR count). The van der Waals surface area contributed by atoms with E-state index in [1.807, 2.05) is 0 Å². The van der Waals surface area contributed by atoms with Gasteiger partial charge in [-0.3, -0.25) is 24.7 Å². The summed E-state index contributed by atoms with van der Waals surface area (Å²) in [5, 5.41) is 0. The minimum Gasteiger partial charge on any atom is -0.302 e. The molecule has 98 valence electrons. The minimum atomic E-state index is -0.355. The maximum absolute atomic E-state index is 11.2. The number of carbonyl (C=O) groups excluding carboxylic acids is 4. The lowest BCUT2D eigenvalue weighted by Crippen LogP contribution is -2.47. The number of aldehydes is 1. The molecular formula is C10H14N4O4. The number of hydrogen-bond acceptors (Lipinski definition) is 6. The Morgan fingerprint density at radius 2 is 1.94 bits per heavy atom. The van der Waals surface area contributed by atoms with Gasteiger partial charge in [-0.2, -0.15) is 5.53 Å². The molecule has 0 radical (unpaired) electrons. The molecule has 3 N–H and O–H groups in total. The predicted molar refractivity (Wildman–Crippen MR) is 60.4 cm³/mol. The van der Waals surface area contributed by atoms with Crippen LogP contribution in [0, 0.1) is 0 Å². The second-order valence-electron chi connectivity index (χ2n) is 3.49. The standard InChI is InChI=1S/C10H14N4O4/c15-7-5-11-13-12-8(16)2-1-6-14-9(17)3-4-10(14)18/h3-4,7,11,13H,1-2,5-6H2,(H,12,16). The Hall–Kier alpha value is -2.06. The third-order valence-electron chi connectivity index (χ3n) is 2.16. The number of imide groups is 1. The molecule has 0 spiro atoms. The molecule has 18 heavy (non-hydrogen) atoms. The summed E-state index contributed by atoms with van der Waals surface area (Å²) in [6.45, 7) is 0.280. The molecule has 0 aromatic carbocycles. The average Bonchev–Trinajstić information content (AvgIpc) is 2.66. The van der Waals surface area contributed by atoms with Crippen molar-refractivity contribution in [3.63, 3.8) is 0 Å². The van der Waals surface area contributed by atoms with Crippen LogP contribution in [0.1, 0.15) is 12.8 Å². The normalized spacial score (nSPS) is 14.1. The van der Waals surface area contributed by atoms with Crippen LogP contribution >= 0.6 is 0 Å². The van der Waals surface area contributed by atoms with Crippen molar-refractivity contribution in [2.24, 2.45) is 0 Å². The predicted octanol–water partition coefficient (Wildman–Crippen LogP) is -1.98. The van der Waals surface area contributed by atoms with Gasteiger partial charge < -0.3 is 4.79 Å². The highest BCUT2D eigenvalue weighted by Crippen LogP contribution is 2.05. The molecule has 0 fully saturated rings. The van der Waals surface area contributed by atoms with Crippen molar-refractivity contribution in [3.05, 3.63) is 12.2 Å². The minimum absolute atomic E-state index is 0.0722. The molecule has 1 aliphatic heterocycles. The number of hydrazine groups is 2. The van der Waals surface area contributed by atoms with Gasteiger partial charge in [0.15, 0.2) is 0 Å². The van der Waals surface area contributed by atoms with Crippen LogP contribution in [0.4, 0.5) is 0 Å². The Labute approximate surface area is 103 Å². The van der Waals surface area contributed by atoms with Gasteiger partial charge in [0.05, 0.1) is 6.54 Å². The summed E-state index contributed by atoms with van der Waals surface area (Å²) in [4.78, 5) is 44.6. The van der Waals surface area contributed by atoms with Crippen LogP contribution in [0.2, 0.25) is 0 Å². The molecule has 1 heterocycles. The van der Waals surface area contributed by atoms with Gasteiger partial charge in [-0.25, -0.2) is 5.43 Å². The van der Waals surface area contributed by atoms with Crippen molar-refractivity contribution in [1.29, 1.82) is 0 Å². The third-order valence-corrected chi connectivity index (χ3v) is 2.16. The SMILES string of the molecule is O=CCNNNC(=O)CCCN1C(=O)C=CC1=O. The smallest absolute Gasteiger partial charge is 0.253 e. The summed E-state index contributed by atoms with van der Waals surface area (Å²) in [7, 11) is 0. The van der Waals surface area contributed by atoms with E-state index in [-0.39, 0.29) is 37.2 Å². The lowest BCUT2D eigenvalue weighted by Gasteiger charge is -2.13. The maximum atomic E-state index is 11.2. The highest BCUT2D eigenvalue weighted by molar-refractivity contribution is 6.12. The first-order valence-electron chi connectivity index (χ1n) is 5.39. The van der Waals surface area contributed by atoms with Crippen LogP contribution in [0.5, 0.6) is 0 Å². The Morgan fingerprint density at radius 1 is 1.28 bits per heavy atom. The highest BCUT2D eigenvalue weighted by atomic mass is 16.2. The van der Waals surface area contributed by atoms with Crippen LogP contribution in [-0.4, -0.2) is 42.0 Å². The zero-order valence-electron chi connectivity index (χ0n) is 9.64. The molecule has 0 saturated heterocycles. The quantitative estimate of drug-likeness (QED) is 0.200. The first kappa shape index (κ1) is 14.0. The van der Waals surface area contributed by atoms with Gasteiger partial charge >= 0.3 is 0 Å². The number of nitrogens with one attached hydrogen (secondary N) is 3. The Morgan fingerprint density at radius 3 is 2.56 bits per heavy atom. The van der Waals surface area contributed by atoms with E-state index < -0.39 is 0 Å². The summed E-state index contributed by atoms with van der Waals surface area (Å²) in [5.41, 5.74) is 7.08. The van der Waals surface area contributed by atoms with E-state index >= 15 is 0 Å². The number of amides is 3. The van der Waals surface area contributed by atoms with Crippen LogP contribution in [0.25, 0.3) is 0 Å². The lowest BCUT2D eigenvalue weighted by atomic mass is 10.3. The van der Waals surface area contributed by atoms with Gasteiger partial charge in [0.2, 0.25) is 5.91 Å². The first-order chi connectivity index (χ1) is 8.65. The summed E-state index contributed by atoms with van der Waals surface area (Å²) in [5.74, 6) is -1.02. The average molecular weight is 254 g/mol. The van der Waals surface area contributed by atoms with Crippen LogP contribution in [0.15, 0.2) is 12.2 Å². The molecule has 8 nitrogen and oxygen atoms in total. The summed E-state index contributed by atoms with van der Waals surface area (Å²) < 4.78 is 0. The fourth-order valence-electron chi connectivity index (χ4n) is 1.32. The Kier molecular flexibility index (Phi) is 5.68. The number of nitrogens with zero attached hydrogens (tertiary/aromatic N) is 1. The molecule has 8 heteroatoms. The number of rotatable bonds is 8. The van der Waals surface area contributed by atoms with E-state index in [1.54, 1.807) is 0 Å². The van der Waals surface area contributed by atoms with Crippen molar-refractivity contribution in [1.82, 2.24) is 21.3 Å². The zero-order valence-corrected chi connectivity index (χ0v) is 9.64. The first-order valence-corrected chi connectivity index (χ1v) is 5.39. The second-order valence-corrected chi connectivity index (χ2v) is 3.49. The van der Waals surface area contributed by atoms with Gasteiger partial charge in [-0.1, -0.05) is 0 Å². The maximum Gasteiger partial charge on any atom is 0.253 e. The van der Waals surface area contributed by atoms with E-state index in [2.05, 4.69) is 16.4 Å². The molecule has 0 aromatic heterocycles. The van der Waals surface area contributed by atoms with Crippen molar-refractivity contribution >= 4 is 24.0 Å². The van der Waals surface area contributed by atoms with E-state index in [0.717, 1.165) is 4.90 Å². The lowest BCUT2D eigenvalue weighted by molar-refractivity contribution is -0.137. The van der Waals surface area contributed by atoms with Gasteiger partial charge in [0.25, 0.3) is 11.8 Å². The molecule has 0 unspecified atom stereocenters. The van der Waals surface area contributed by atoms with Crippen molar-refractivity contribution in [2.75, 3.05) is 13.1 Å². The van der Waals surface area contributed by atoms with E-state index in [4.69, 9.17) is 0 Å². The molecule has 0 aromatic rings. The molecule has 3 amide bonds. The van der Waals surface area contributed by atoms with Crippen LogP contribution in [0.3, 0.4) is 0 Å². The summed E-state index contributed by atoms with van der Waals surface area (Å²) in [6.07, 6.45) is 3.57. The van der Waals surface area contributed by atoms with Crippen molar-refractivity contribution in [3.8, 4) is 0 Å². The fourth-order valence-corrected chi connectivity index (χ4v) is 1.32. The van der Waals surface area contributed by atoms with Gasteiger partial charge in [-0.05, 0) is 6.42 Å². The van der Waals surface area contributed by atoms with Gasteiger partial charge in [-0.15, -0.1) is 0 Å². The Bertz CT molecular complexity index is 362. The van der Waals surface area contributed by atoms with Crippen LogP contribution in [-0.2, 0) is 19.2 Å². The molecular weight excluding hydrogens is 240 g/mol. The monoisotopic (exact) mass is 254 g/mol. The number of carbonyl (C=O) groups is 4. The molecule has 0 aliphatic carbocycles. The molecule has 1 aliphatic rings. The number of hydrogen-bond donors (Lipinski definition) is 3. The molecule has 0 saturated carbocycles. The van der Waals surface area contributed by atoms with E-state index in [0.29, 0.717) is 12.7 Å². The van der Waals surface area contributed by atoms with E-state index in [1.165, 1.54) is 12.2 Å². The molecule has 0 bridgehead atoms. The molecule has 0 atom stereocenters. The van der Waals surface area contributed by atoms with Gasteiger partial charge in [0.1, 0.15) is 6.29 Å². The zero-order chi connectivity index (χ0) is 13.4. The van der Waals surface area contributed by atoms with Crippen molar-refractivity contribution < 1.29 is 19.2 Å². The third kappa shape index (κ3) is 4.44. The fraction of sp³-hybridized carbons (Fsp3) is 0.400. The largest absolute Gasteiger partial charge is 0.302 e. The van der Waals surface area contributed by atoms with Gasteiger partial charge in [0, 0.05) is 25.1 Å². The van der Waals surface area contributed by atoms with Crippen LogP contribution < -0.4 is 16.4 Å². The second kappa shape index (κ2) is 7.30.